The van der Waals surface area contributed by atoms with Gasteiger partial charge in [-0.25, -0.2) is 8.42 Å². The van der Waals surface area contributed by atoms with Crippen LogP contribution in [-0.2, 0) is 10.0 Å². The second-order valence-corrected chi connectivity index (χ2v) is 7.08. The van der Waals surface area contributed by atoms with Crippen LogP contribution in [0.25, 0.3) is 0 Å². The molecule has 0 aliphatic carbocycles. The lowest BCUT2D eigenvalue weighted by atomic mass is 10.0. The molecule has 1 N–H and O–H groups in total. The van der Waals surface area contributed by atoms with Crippen LogP contribution >= 0.6 is 0 Å². The molecular weight excluding hydrogens is 236 g/mol. The van der Waals surface area contributed by atoms with Crippen molar-refractivity contribution in [3.05, 3.63) is 0 Å². The van der Waals surface area contributed by atoms with E-state index in [2.05, 4.69) is 5.32 Å². The Bertz CT molecular complexity index is 306. The molecule has 1 aliphatic heterocycles. The Kier molecular flexibility index (Phi) is 5.89. The monoisotopic (exact) mass is 262 g/mol. The number of hydrogen-bond acceptors (Lipinski definition) is 3. The summed E-state index contributed by atoms with van der Waals surface area (Å²) >= 11 is 0. The molecule has 4 nitrogen and oxygen atoms in total. The fourth-order valence-electron chi connectivity index (χ4n) is 2.64. The molecule has 0 spiro atoms. The highest BCUT2D eigenvalue weighted by molar-refractivity contribution is 7.89. The second-order valence-electron chi connectivity index (χ2n) is 5.09. The summed E-state index contributed by atoms with van der Waals surface area (Å²) in [6.45, 7) is 4.95. The van der Waals surface area contributed by atoms with Crippen molar-refractivity contribution in [1.82, 2.24) is 9.62 Å². The number of piperidine rings is 1. The highest BCUT2D eigenvalue weighted by Gasteiger charge is 2.33. The first-order valence-corrected chi connectivity index (χ1v) is 8.25. The van der Waals surface area contributed by atoms with Gasteiger partial charge < -0.3 is 5.32 Å². The lowest BCUT2D eigenvalue weighted by molar-refractivity contribution is 0.204. The first-order chi connectivity index (χ1) is 7.99. The summed E-state index contributed by atoms with van der Waals surface area (Å²) in [5.74, 6) is 0.295. The Balaban J connectivity index is 2.55. The molecule has 0 aromatic rings. The molecule has 5 heteroatoms. The molecule has 0 aromatic carbocycles. The quantitative estimate of drug-likeness (QED) is 0.739. The van der Waals surface area contributed by atoms with Crippen LogP contribution in [0.1, 0.15) is 46.0 Å². The number of hydrogen-bond donors (Lipinski definition) is 1. The molecule has 1 rings (SSSR count). The number of nitrogens with zero attached hydrogens (tertiary/aromatic N) is 1. The third-order valence-electron chi connectivity index (χ3n) is 3.51. The van der Waals surface area contributed by atoms with Crippen LogP contribution in [0, 0.1) is 0 Å². The molecule has 0 radical (unpaired) electrons. The molecule has 102 valence electrons. The van der Waals surface area contributed by atoms with Gasteiger partial charge in [0.25, 0.3) is 0 Å². The van der Waals surface area contributed by atoms with E-state index in [-0.39, 0.29) is 12.1 Å². The molecule has 0 amide bonds. The summed E-state index contributed by atoms with van der Waals surface area (Å²) in [7, 11) is -1.16. The first kappa shape index (κ1) is 14.9. The van der Waals surface area contributed by atoms with Gasteiger partial charge in [0.05, 0.1) is 5.75 Å². The molecule has 1 fully saturated rings. The van der Waals surface area contributed by atoms with Gasteiger partial charge in [-0.05, 0) is 53.1 Å². The van der Waals surface area contributed by atoms with Crippen LogP contribution in [0.15, 0.2) is 0 Å². The molecule has 1 heterocycles. The van der Waals surface area contributed by atoms with Crippen LogP contribution in [-0.4, -0.2) is 44.2 Å². The van der Waals surface area contributed by atoms with Crippen molar-refractivity contribution in [3.63, 3.8) is 0 Å². The zero-order chi connectivity index (χ0) is 12.9. The zero-order valence-corrected chi connectivity index (χ0v) is 12.1. The molecule has 0 unspecified atom stereocenters. The van der Waals surface area contributed by atoms with Gasteiger partial charge in [-0.2, -0.15) is 4.31 Å². The minimum Gasteiger partial charge on any atom is -0.320 e. The maximum absolute atomic E-state index is 12.3. The summed E-state index contributed by atoms with van der Waals surface area (Å²) in [6.07, 6.45) is 4.82. The second kappa shape index (κ2) is 6.71. The van der Waals surface area contributed by atoms with Gasteiger partial charge in [-0.1, -0.05) is 6.42 Å². The number of unbranched alkanes of at least 4 members (excludes halogenated alkanes) is 1. The number of sulfonamides is 1. The van der Waals surface area contributed by atoms with Crippen molar-refractivity contribution in [2.45, 2.75) is 58.0 Å². The summed E-state index contributed by atoms with van der Waals surface area (Å²) in [5.41, 5.74) is 0. The van der Waals surface area contributed by atoms with Gasteiger partial charge in [-0.15, -0.1) is 0 Å². The lowest BCUT2D eigenvalue weighted by Gasteiger charge is -2.37. The van der Waals surface area contributed by atoms with Crippen molar-refractivity contribution in [2.24, 2.45) is 0 Å². The van der Waals surface area contributed by atoms with Gasteiger partial charge >= 0.3 is 0 Å². The van der Waals surface area contributed by atoms with E-state index in [4.69, 9.17) is 0 Å². The average molecular weight is 262 g/mol. The molecule has 17 heavy (non-hydrogen) atoms. The van der Waals surface area contributed by atoms with Crippen molar-refractivity contribution in [3.8, 4) is 0 Å². The molecule has 0 bridgehead atoms. The fraction of sp³-hybridized carbons (Fsp3) is 1.00. The summed E-state index contributed by atoms with van der Waals surface area (Å²) < 4.78 is 26.3. The van der Waals surface area contributed by atoms with E-state index >= 15 is 0 Å². The normalized spacial score (nSPS) is 27.2. The Labute approximate surface area is 106 Å². The number of rotatable bonds is 6. The maximum Gasteiger partial charge on any atom is 0.214 e. The average Bonchev–Trinajstić information content (AvgIpc) is 2.24. The van der Waals surface area contributed by atoms with Crippen LogP contribution in [0.4, 0.5) is 0 Å². The van der Waals surface area contributed by atoms with Gasteiger partial charge in [0, 0.05) is 12.1 Å². The van der Waals surface area contributed by atoms with Crippen molar-refractivity contribution in [1.29, 1.82) is 0 Å². The van der Waals surface area contributed by atoms with E-state index in [1.807, 2.05) is 20.9 Å². The maximum atomic E-state index is 12.3. The lowest BCUT2D eigenvalue weighted by Crippen LogP contribution is -2.48. The topological polar surface area (TPSA) is 49.4 Å². The third kappa shape index (κ3) is 4.23. The number of nitrogens with one attached hydrogen (secondary N) is 1. The van der Waals surface area contributed by atoms with E-state index < -0.39 is 10.0 Å². The van der Waals surface area contributed by atoms with Gasteiger partial charge in [0.2, 0.25) is 10.0 Å². The Hall–Kier alpha value is -0.130. The van der Waals surface area contributed by atoms with E-state index in [9.17, 15) is 8.42 Å². The van der Waals surface area contributed by atoms with E-state index in [0.29, 0.717) is 5.75 Å². The van der Waals surface area contributed by atoms with Gasteiger partial charge in [0.1, 0.15) is 0 Å². The highest BCUT2D eigenvalue weighted by Crippen LogP contribution is 2.26. The standard InChI is InChI=1S/C12H26N2O2S/c1-11-7-6-8-12(2)14(11)17(15,16)10-5-4-9-13-3/h11-13H,4-10H2,1-3H3/t11-,12+. The van der Waals surface area contributed by atoms with Crippen LogP contribution in [0.3, 0.4) is 0 Å². The highest BCUT2D eigenvalue weighted by atomic mass is 32.2. The molecule has 0 aromatic heterocycles. The summed E-state index contributed by atoms with van der Waals surface area (Å²) in [5, 5.41) is 3.04. The summed E-state index contributed by atoms with van der Waals surface area (Å²) in [6, 6.07) is 0.348. The van der Waals surface area contributed by atoms with E-state index in [1.165, 1.54) is 0 Å². The predicted molar refractivity (Wildman–Crippen MR) is 71.6 cm³/mol. The third-order valence-corrected chi connectivity index (χ3v) is 5.68. The largest absolute Gasteiger partial charge is 0.320 e. The molecule has 1 aliphatic rings. The SMILES string of the molecule is CNCCCCS(=O)(=O)N1[C@H](C)CCC[C@@H]1C. The molecule has 2 atom stereocenters. The Morgan fingerprint density at radius 1 is 1.18 bits per heavy atom. The Morgan fingerprint density at radius 3 is 2.29 bits per heavy atom. The minimum absolute atomic E-state index is 0.174. The summed E-state index contributed by atoms with van der Waals surface area (Å²) in [4.78, 5) is 0. The van der Waals surface area contributed by atoms with Crippen molar-refractivity contribution >= 4 is 10.0 Å². The van der Waals surface area contributed by atoms with E-state index in [0.717, 1.165) is 38.6 Å². The van der Waals surface area contributed by atoms with Crippen LogP contribution in [0.2, 0.25) is 0 Å². The first-order valence-electron chi connectivity index (χ1n) is 6.65. The van der Waals surface area contributed by atoms with Crippen molar-refractivity contribution in [2.75, 3.05) is 19.3 Å². The predicted octanol–water partition coefficient (Wildman–Crippen LogP) is 1.58. The van der Waals surface area contributed by atoms with Crippen LogP contribution in [0.5, 0.6) is 0 Å². The van der Waals surface area contributed by atoms with Gasteiger partial charge in [0.15, 0.2) is 0 Å². The van der Waals surface area contributed by atoms with Crippen LogP contribution < -0.4 is 5.32 Å². The molecule has 1 saturated heterocycles. The smallest absolute Gasteiger partial charge is 0.214 e. The molecule has 0 saturated carbocycles. The Morgan fingerprint density at radius 2 is 1.76 bits per heavy atom. The van der Waals surface area contributed by atoms with Gasteiger partial charge in [-0.3, -0.25) is 0 Å². The minimum atomic E-state index is -3.06. The fourth-order valence-corrected chi connectivity index (χ4v) is 4.72. The van der Waals surface area contributed by atoms with Crippen molar-refractivity contribution < 1.29 is 8.42 Å². The zero-order valence-electron chi connectivity index (χ0n) is 11.3. The van der Waals surface area contributed by atoms with E-state index in [1.54, 1.807) is 4.31 Å². The molecular formula is C12H26N2O2S.